The molecular formula is C22H30N2O5. The Kier molecular flexibility index (Phi) is 4.84. The molecule has 1 aromatic rings. The van der Waals surface area contributed by atoms with Crippen molar-refractivity contribution in [3.8, 4) is 0 Å². The summed E-state index contributed by atoms with van der Waals surface area (Å²) in [5, 5.41) is 12.4. The van der Waals surface area contributed by atoms with Gasteiger partial charge in [0, 0.05) is 38.4 Å². The second-order valence-electron chi connectivity index (χ2n) is 9.63. The van der Waals surface area contributed by atoms with Crippen LogP contribution in [0.5, 0.6) is 0 Å². The molecule has 0 aromatic carbocycles. The van der Waals surface area contributed by atoms with E-state index in [1.807, 2.05) is 0 Å². The number of aromatic nitrogens is 1. The largest absolute Gasteiger partial charge is 0.478 e. The van der Waals surface area contributed by atoms with Gasteiger partial charge in [-0.2, -0.15) is 0 Å². The van der Waals surface area contributed by atoms with Crippen molar-refractivity contribution in [2.75, 3.05) is 6.61 Å². The number of rotatable bonds is 5. The zero-order valence-corrected chi connectivity index (χ0v) is 17.3. The number of carboxylic acid groups (broad SMARTS) is 1. The van der Waals surface area contributed by atoms with Crippen LogP contribution in [0.3, 0.4) is 0 Å². The van der Waals surface area contributed by atoms with E-state index in [2.05, 4.69) is 19.2 Å². The number of nitrogens with zero attached hydrogens (tertiary/aromatic N) is 1. The number of pyridine rings is 1. The molecule has 158 valence electrons. The third-order valence-corrected chi connectivity index (χ3v) is 7.86. The highest BCUT2D eigenvalue weighted by atomic mass is 16.5. The van der Waals surface area contributed by atoms with Crippen LogP contribution in [-0.4, -0.2) is 40.3 Å². The molecule has 3 aliphatic rings. The number of ether oxygens (including phenoxy) is 1. The first kappa shape index (κ1) is 20.1. The van der Waals surface area contributed by atoms with Crippen LogP contribution in [-0.2, 0) is 16.1 Å². The summed E-state index contributed by atoms with van der Waals surface area (Å²) in [5.41, 5.74) is 0.0247. The van der Waals surface area contributed by atoms with Gasteiger partial charge in [-0.25, -0.2) is 4.79 Å². The minimum atomic E-state index is -1.04. The standard InChI is InChI=1S/C22H30N2O5/c1-13(25)23-20-21(2,3)15-10-16-17(29-9-7-22(16,20)11-15)6-8-24-12-14(19(27)28)4-5-18(24)26/h4-5,12,15-17,20H,6-11H2,1-3H3,(H,23,25)(H,27,28)/t15-,16-,17-,20+,22-/m1/s1. The fourth-order valence-electron chi connectivity index (χ4n) is 6.50. The Morgan fingerprint density at radius 1 is 1.34 bits per heavy atom. The van der Waals surface area contributed by atoms with Crippen LogP contribution in [0.15, 0.2) is 23.1 Å². The van der Waals surface area contributed by atoms with E-state index < -0.39 is 5.97 Å². The van der Waals surface area contributed by atoms with Crippen molar-refractivity contribution >= 4 is 11.9 Å². The average molecular weight is 402 g/mol. The van der Waals surface area contributed by atoms with Gasteiger partial charge in [0.1, 0.15) is 0 Å². The molecule has 2 aliphatic carbocycles. The van der Waals surface area contributed by atoms with Crippen LogP contribution >= 0.6 is 0 Å². The summed E-state index contributed by atoms with van der Waals surface area (Å²) in [6.45, 7) is 7.21. The number of hydrogen-bond acceptors (Lipinski definition) is 4. The molecule has 7 nitrogen and oxygen atoms in total. The lowest BCUT2D eigenvalue weighted by molar-refractivity contribution is -0.136. The van der Waals surface area contributed by atoms with E-state index >= 15 is 0 Å². The lowest BCUT2D eigenvalue weighted by Crippen LogP contribution is -2.60. The highest BCUT2D eigenvalue weighted by molar-refractivity contribution is 5.87. The fraction of sp³-hybridized carbons (Fsp3) is 0.682. The van der Waals surface area contributed by atoms with Gasteiger partial charge in [0.25, 0.3) is 5.56 Å². The van der Waals surface area contributed by atoms with Crippen molar-refractivity contribution in [1.29, 1.82) is 0 Å². The Balaban J connectivity index is 1.54. The van der Waals surface area contributed by atoms with E-state index in [-0.39, 0.29) is 40.0 Å². The van der Waals surface area contributed by atoms with Gasteiger partial charge >= 0.3 is 5.97 Å². The maximum Gasteiger partial charge on any atom is 0.337 e. The van der Waals surface area contributed by atoms with Gasteiger partial charge in [-0.05, 0) is 54.4 Å². The number of carboxylic acids is 1. The molecule has 2 bridgehead atoms. The van der Waals surface area contributed by atoms with Crippen molar-refractivity contribution in [2.45, 2.75) is 65.1 Å². The van der Waals surface area contributed by atoms with Crippen molar-refractivity contribution < 1.29 is 19.4 Å². The lowest BCUT2D eigenvalue weighted by Gasteiger charge is -2.53. The van der Waals surface area contributed by atoms with Crippen LogP contribution < -0.4 is 10.9 Å². The number of amides is 1. The third kappa shape index (κ3) is 3.19. The van der Waals surface area contributed by atoms with E-state index in [0.29, 0.717) is 31.4 Å². The number of aromatic carboxylic acids is 1. The molecule has 4 rings (SSSR count). The number of carbonyl (C=O) groups is 2. The monoisotopic (exact) mass is 402 g/mol. The number of carbonyl (C=O) groups excluding carboxylic acids is 1. The van der Waals surface area contributed by atoms with Gasteiger partial charge in [0.15, 0.2) is 0 Å². The molecule has 2 heterocycles. The Labute approximate surface area is 170 Å². The topological polar surface area (TPSA) is 97.6 Å². The van der Waals surface area contributed by atoms with Crippen LogP contribution in [0.2, 0.25) is 0 Å². The SMILES string of the molecule is CC(=O)N[C@H]1C(C)(C)[C@@H]2C[C@@H]3[C@@H](CCn4cc(C(=O)O)ccc4=O)OCC[C@@]31C2. The lowest BCUT2D eigenvalue weighted by atomic mass is 9.59. The number of fused-ring (bicyclic) bond motifs is 1. The van der Waals surface area contributed by atoms with Crippen molar-refractivity contribution in [2.24, 2.45) is 22.7 Å². The molecular weight excluding hydrogens is 372 g/mol. The van der Waals surface area contributed by atoms with E-state index in [1.54, 1.807) is 6.92 Å². The Bertz CT molecular complexity index is 891. The van der Waals surface area contributed by atoms with Gasteiger partial charge in [-0.1, -0.05) is 13.8 Å². The fourth-order valence-corrected chi connectivity index (χ4v) is 6.50. The van der Waals surface area contributed by atoms with Gasteiger partial charge in [0.05, 0.1) is 11.7 Å². The Morgan fingerprint density at radius 2 is 2.10 bits per heavy atom. The quantitative estimate of drug-likeness (QED) is 0.788. The molecule has 2 saturated carbocycles. The number of hydrogen-bond donors (Lipinski definition) is 2. The maximum absolute atomic E-state index is 12.2. The second kappa shape index (κ2) is 6.97. The molecule has 7 heteroatoms. The maximum atomic E-state index is 12.2. The minimum absolute atomic E-state index is 0.0153. The summed E-state index contributed by atoms with van der Waals surface area (Å²) in [6, 6.07) is 2.78. The van der Waals surface area contributed by atoms with Gasteiger partial charge < -0.3 is 19.7 Å². The zero-order chi connectivity index (χ0) is 21.0. The first-order valence-corrected chi connectivity index (χ1v) is 10.5. The smallest absolute Gasteiger partial charge is 0.337 e. The van der Waals surface area contributed by atoms with Crippen LogP contribution in [0.25, 0.3) is 0 Å². The van der Waals surface area contributed by atoms with E-state index in [9.17, 15) is 19.5 Å². The molecule has 3 fully saturated rings. The molecule has 0 unspecified atom stereocenters. The molecule has 1 amide bonds. The van der Waals surface area contributed by atoms with Crippen LogP contribution in [0.1, 0.15) is 56.8 Å². The van der Waals surface area contributed by atoms with E-state index in [4.69, 9.17) is 4.74 Å². The second-order valence-corrected chi connectivity index (χ2v) is 9.63. The van der Waals surface area contributed by atoms with E-state index in [1.165, 1.54) is 22.9 Å². The van der Waals surface area contributed by atoms with Crippen molar-refractivity contribution in [3.05, 3.63) is 34.2 Å². The molecule has 1 spiro atoms. The normalized spacial score (nSPS) is 34.6. The van der Waals surface area contributed by atoms with Gasteiger partial charge in [-0.15, -0.1) is 0 Å². The summed E-state index contributed by atoms with van der Waals surface area (Å²) >= 11 is 0. The highest BCUT2D eigenvalue weighted by Gasteiger charge is 2.68. The van der Waals surface area contributed by atoms with E-state index in [0.717, 1.165) is 19.3 Å². The first-order chi connectivity index (χ1) is 13.6. The molecule has 0 radical (unpaired) electrons. The summed E-state index contributed by atoms with van der Waals surface area (Å²) in [5.74, 6) is -0.125. The van der Waals surface area contributed by atoms with Crippen LogP contribution in [0.4, 0.5) is 0 Å². The predicted octanol–water partition coefficient (Wildman–Crippen LogP) is 2.28. The first-order valence-electron chi connectivity index (χ1n) is 10.5. The molecule has 1 aliphatic heterocycles. The van der Waals surface area contributed by atoms with Crippen molar-refractivity contribution in [1.82, 2.24) is 9.88 Å². The number of nitrogens with one attached hydrogen (secondary N) is 1. The van der Waals surface area contributed by atoms with Gasteiger partial charge in [-0.3, -0.25) is 9.59 Å². The summed E-state index contributed by atoms with van der Waals surface area (Å²) in [4.78, 5) is 35.3. The highest BCUT2D eigenvalue weighted by Crippen LogP contribution is 2.68. The summed E-state index contributed by atoms with van der Waals surface area (Å²) in [6.07, 6.45) is 5.24. The summed E-state index contributed by atoms with van der Waals surface area (Å²) in [7, 11) is 0. The average Bonchev–Trinajstić information content (AvgIpc) is 3.14. The summed E-state index contributed by atoms with van der Waals surface area (Å²) < 4.78 is 7.62. The number of aryl methyl sites for hydroxylation is 1. The zero-order valence-electron chi connectivity index (χ0n) is 17.3. The van der Waals surface area contributed by atoms with Gasteiger partial charge in [0.2, 0.25) is 5.91 Å². The van der Waals surface area contributed by atoms with Crippen LogP contribution in [0, 0.1) is 22.7 Å². The third-order valence-electron chi connectivity index (χ3n) is 7.86. The predicted molar refractivity (Wildman–Crippen MR) is 107 cm³/mol. The molecule has 1 aromatic heterocycles. The molecule has 2 N–H and O–H groups in total. The molecule has 1 saturated heterocycles. The Hall–Kier alpha value is -2.15. The Morgan fingerprint density at radius 3 is 2.79 bits per heavy atom. The minimum Gasteiger partial charge on any atom is -0.478 e. The van der Waals surface area contributed by atoms with Crippen molar-refractivity contribution in [3.63, 3.8) is 0 Å². The molecule has 29 heavy (non-hydrogen) atoms. The molecule has 5 atom stereocenters.